The van der Waals surface area contributed by atoms with Crippen LogP contribution in [-0.4, -0.2) is 36.0 Å². The first-order chi connectivity index (χ1) is 14.5. The van der Waals surface area contributed by atoms with E-state index < -0.39 is 0 Å². The highest BCUT2D eigenvalue weighted by Crippen LogP contribution is 2.43. The van der Waals surface area contributed by atoms with E-state index in [1.54, 1.807) is 11.8 Å². The van der Waals surface area contributed by atoms with E-state index >= 15 is 0 Å². The molecule has 1 rings (SSSR count). The fraction of sp³-hybridized carbons (Fsp3) is 0.833. The molecule has 0 amide bonds. The molecular weight excluding hydrogens is 400 g/mol. The summed E-state index contributed by atoms with van der Waals surface area (Å²) in [5, 5.41) is 10.3. The molecule has 1 aliphatic rings. The Morgan fingerprint density at radius 2 is 1.83 bits per heavy atom. The zero-order chi connectivity index (χ0) is 22.2. The van der Waals surface area contributed by atoms with Crippen LogP contribution in [0.15, 0.2) is 10.7 Å². The molecule has 0 bridgehead atoms. The van der Waals surface area contributed by atoms with Gasteiger partial charge in [0.1, 0.15) is 5.76 Å². The van der Waals surface area contributed by atoms with Crippen molar-refractivity contribution in [3.8, 4) is 0 Å². The van der Waals surface area contributed by atoms with Crippen LogP contribution in [0.3, 0.4) is 0 Å². The number of thioether (sulfide) groups is 1. The summed E-state index contributed by atoms with van der Waals surface area (Å²) in [6, 6.07) is 0. The number of esters is 2. The summed E-state index contributed by atoms with van der Waals surface area (Å²) in [4.78, 5) is 24.4. The summed E-state index contributed by atoms with van der Waals surface area (Å²) in [6.45, 7) is 4.16. The van der Waals surface area contributed by atoms with Crippen LogP contribution in [0.5, 0.6) is 0 Å². The Labute approximate surface area is 187 Å². The quantitative estimate of drug-likeness (QED) is 0.215. The number of unbranched alkanes of at least 4 members (excludes halogenated alkanes) is 4. The van der Waals surface area contributed by atoms with Crippen LogP contribution in [-0.2, 0) is 19.1 Å². The third-order valence-electron chi connectivity index (χ3n) is 5.56. The fourth-order valence-electron chi connectivity index (χ4n) is 3.76. The number of rotatable bonds is 17. The lowest BCUT2D eigenvalue weighted by atomic mass is 9.98. The Bertz CT molecular complexity index is 532. The maximum Gasteiger partial charge on any atom is 0.310 e. The Balaban J connectivity index is 2.53. The normalized spacial score (nSPS) is 17.3. The van der Waals surface area contributed by atoms with E-state index in [1.165, 1.54) is 24.9 Å². The number of allylic oxidation sites excluding steroid dienone is 2. The molecule has 0 spiro atoms. The average molecular weight is 443 g/mol. The summed E-state index contributed by atoms with van der Waals surface area (Å²) in [7, 11) is 1.42. The van der Waals surface area contributed by atoms with E-state index in [9.17, 15) is 14.7 Å². The van der Waals surface area contributed by atoms with E-state index in [0.717, 1.165) is 75.7 Å². The van der Waals surface area contributed by atoms with Gasteiger partial charge in [0.25, 0.3) is 0 Å². The lowest BCUT2D eigenvalue weighted by molar-refractivity contribution is -0.141. The number of carbonyl (C=O) groups excluding carboxylic acids is 2. The monoisotopic (exact) mass is 442 g/mol. The van der Waals surface area contributed by atoms with Crippen molar-refractivity contribution in [1.82, 2.24) is 0 Å². The number of methoxy groups -OCH3 is 1. The lowest BCUT2D eigenvalue weighted by Gasteiger charge is -2.17. The van der Waals surface area contributed by atoms with Crippen molar-refractivity contribution in [2.24, 2.45) is 5.92 Å². The molecule has 174 valence electrons. The van der Waals surface area contributed by atoms with E-state index in [-0.39, 0.29) is 18.0 Å². The number of ether oxygens (including phenoxy) is 2. The highest BCUT2D eigenvalue weighted by molar-refractivity contribution is 8.03. The smallest absolute Gasteiger partial charge is 0.310 e. The van der Waals surface area contributed by atoms with Crippen LogP contribution in [0.1, 0.15) is 104 Å². The molecule has 0 radical (unpaired) electrons. The van der Waals surface area contributed by atoms with Crippen LogP contribution in [0.2, 0.25) is 0 Å². The third-order valence-corrected chi connectivity index (χ3v) is 6.92. The van der Waals surface area contributed by atoms with Gasteiger partial charge >= 0.3 is 11.9 Å². The summed E-state index contributed by atoms with van der Waals surface area (Å²) in [6.07, 6.45) is 12.2. The van der Waals surface area contributed by atoms with E-state index in [0.29, 0.717) is 18.8 Å². The largest absolute Gasteiger partial charge is 0.469 e. The summed E-state index contributed by atoms with van der Waals surface area (Å²) >= 11 is 1.80. The summed E-state index contributed by atoms with van der Waals surface area (Å²) < 4.78 is 10.4. The molecule has 5 nitrogen and oxygen atoms in total. The second-order valence-corrected chi connectivity index (χ2v) is 9.35. The molecule has 0 aromatic carbocycles. The molecule has 0 aromatic heterocycles. The Hall–Kier alpha value is -1.01. The van der Waals surface area contributed by atoms with Crippen molar-refractivity contribution in [1.29, 1.82) is 0 Å². The van der Waals surface area contributed by atoms with Crippen LogP contribution < -0.4 is 0 Å². The van der Waals surface area contributed by atoms with Crippen LogP contribution in [0, 0.1) is 5.92 Å². The molecule has 0 saturated heterocycles. The number of aliphatic hydroxyl groups excluding tert-OH is 1. The van der Waals surface area contributed by atoms with Gasteiger partial charge in [-0.2, -0.15) is 0 Å². The van der Waals surface area contributed by atoms with Gasteiger partial charge in [0.2, 0.25) is 0 Å². The molecule has 0 saturated carbocycles. The van der Waals surface area contributed by atoms with Crippen molar-refractivity contribution < 1.29 is 24.2 Å². The number of hydrogen-bond donors (Lipinski definition) is 1. The van der Waals surface area contributed by atoms with E-state index in [2.05, 4.69) is 11.7 Å². The molecule has 2 atom stereocenters. The molecule has 1 aliphatic carbocycles. The maximum atomic E-state index is 12.0. The molecule has 0 aromatic rings. The Morgan fingerprint density at radius 3 is 2.53 bits per heavy atom. The first-order valence-electron chi connectivity index (χ1n) is 11.8. The van der Waals surface area contributed by atoms with Gasteiger partial charge in [-0.1, -0.05) is 39.5 Å². The van der Waals surface area contributed by atoms with Gasteiger partial charge < -0.3 is 14.6 Å². The first-order valence-corrected chi connectivity index (χ1v) is 12.8. The minimum atomic E-state index is -0.229. The van der Waals surface area contributed by atoms with Crippen molar-refractivity contribution in [3.63, 3.8) is 0 Å². The number of aliphatic hydroxyl groups is 1. The number of carbonyl (C=O) groups is 2. The van der Waals surface area contributed by atoms with Crippen molar-refractivity contribution in [3.05, 3.63) is 10.7 Å². The molecule has 0 heterocycles. The number of hydrogen-bond acceptors (Lipinski definition) is 6. The lowest BCUT2D eigenvalue weighted by Crippen LogP contribution is -2.10. The molecule has 1 N–H and O–H groups in total. The van der Waals surface area contributed by atoms with Gasteiger partial charge in [-0.25, -0.2) is 0 Å². The Kier molecular flexibility index (Phi) is 15.0. The molecule has 0 fully saturated rings. The summed E-state index contributed by atoms with van der Waals surface area (Å²) in [5.74, 6) is 1.92. The highest BCUT2D eigenvalue weighted by atomic mass is 32.2. The minimum absolute atomic E-state index is 0.135. The first kappa shape index (κ1) is 27.0. The average Bonchev–Trinajstić information content (AvgIpc) is 3.10. The fourth-order valence-corrected chi connectivity index (χ4v) is 5.10. The van der Waals surface area contributed by atoms with Crippen molar-refractivity contribution in [2.75, 3.05) is 12.9 Å². The van der Waals surface area contributed by atoms with Gasteiger partial charge in [-0.05, 0) is 56.6 Å². The predicted molar refractivity (Wildman–Crippen MR) is 123 cm³/mol. The van der Waals surface area contributed by atoms with E-state index in [4.69, 9.17) is 4.74 Å². The molecule has 1 unspecified atom stereocenters. The Morgan fingerprint density at radius 1 is 1.03 bits per heavy atom. The van der Waals surface area contributed by atoms with Crippen molar-refractivity contribution in [2.45, 2.75) is 110 Å². The molecule has 30 heavy (non-hydrogen) atoms. The maximum absolute atomic E-state index is 12.0. The van der Waals surface area contributed by atoms with Crippen LogP contribution >= 0.6 is 11.8 Å². The van der Waals surface area contributed by atoms with Crippen LogP contribution in [0.25, 0.3) is 0 Å². The topological polar surface area (TPSA) is 72.8 Å². The van der Waals surface area contributed by atoms with Gasteiger partial charge in [-0.3, -0.25) is 9.59 Å². The predicted octanol–water partition coefficient (Wildman–Crippen LogP) is 6.14. The minimum Gasteiger partial charge on any atom is -0.469 e. The zero-order valence-electron chi connectivity index (χ0n) is 19.2. The van der Waals surface area contributed by atoms with Gasteiger partial charge in [-0.15, -0.1) is 11.8 Å². The molecule has 0 aliphatic heterocycles. The highest BCUT2D eigenvalue weighted by Gasteiger charge is 2.28. The SMILES string of the molecule is CCCCCC(O)CC[C@H]1CCC(OC(=O)CCC)=C1SCCCCCC(=O)OC. The van der Waals surface area contributed by atoms with Gasteiger partial charge in [0, 0.05) is 24.2 Å². The molecular formula is C24H42O5S. The van der Waals surface area contributed by atoms with Crippen molar-refractivity contribution >= 4 is 23.7 Å². The summed E-state index contributed by atoms with van der Waals surface area (Å²) in [5.41, 5.74) is 0. The van der Waals surface area contributed by atoms with Crippen LogP contribution in [0.4, 0.5) is 0 Å². The zero-order valence-corrected chi connectivity index (χ0v) is 20.1. The van der Waals surface area contributed by atoms with Gasteiger partial charge in [0.15, 0.2) is 0 Å². The van der Waals surface area contributed by atoms with E-state index in [1.807, 2.05) is 6.92 Å². The van der Waals surface area contributed by atoms with Gasteiger partial charge in [0.05, 0.1) is 13.2 Å². The second-order valence-electron chi connectivity index (χ2n) is 8.21. The standard InChI is InChI=1S/C24H42O5S/c1-4-6-8-12-20(25)16-14-19-15-17-21(29-23(27)11-5-2)24(19)30-18-10-7-9-13-22(26)28-3/h19-20,25H,4-18H2,1-3H3/t19-,20?/m0/s1. The third kappa shape index (κ3) is 11.4. The second kappa shape index (κ2) is 16.7. The molecule has 6 heteroatoms.